The first-order chi connectivity index (χ1) is 10.8. The first kappa shape index (κ1) is 14.0. The highest BCUT2D eigenvalue weighted by Crippen LogP contribution is 2.33. The number of fused-ring (bicyclic) bond motifs is 1. The number of benzene rings is 1. The quantitative estimate of drug-likeness (QED) is 0.926. The molecule has 0 atom stereocenters. The number of halogens is 1. The average Bonchev–Trinajstić information content (AvgIpc) is 3.13. The minimum Gasteiger partial charge on any atom is -0.317 e. The zero-order valence-corrected chi connectivity index (χ0v) is 12.7. The maximum absolute atomic E-state index is 13.8. The largest absolute Gasteiger partial charge is 0.329 e. The fraction of sp³-hybridized carbons (Fsp3) is 0.588. The van der Waals surface area contributed by atoms with E-state index in [0.29, 0.717) is 0 Å². The van der Waals surface area contributed by atoms with Gasteiger partial charge in [0, 0.05) is 12.1 Å². The topological polar surface area (TPSA) is 39.0 Å². The van der Waals surface area contributed by atoms with E-state index in [0.717, 1.165) is 62.6 Å². The van der Waals surface area contributed by atoms with Crippen molar-refractivity contribution >= 4 is 11.0 Å². The molecule has 0 spiro atoms. The van der Waals surface area contributed by atoms with Gasteiger partial charge in [-0.15, -0.1) is 0 Å². The molecule has 1 aliphatic heterocycles. The van der Waals surface area contributed by atoms with Gasteiger partial charge in [0.1, 0.15) is 5.82 Å². The summed E-state index contributed by atoms with van der Waals surface area (Å²) in [5.74, 6) is -0.262. The van der Waals surface area contributed by atoms with Gasteiger partial charge in [-0.2, -0.15) is 0 Å². The Balaban J connectivity index is 1.92. The van der Waals surface area contributed by atoms with Crippen LogP contribution in [0.1, 0.15) is 50.6 Å². The first-order valence-corrected chi connectivity index (χ1v) is 8.38. The number of rotatable bonds is 2. The molecule has 1 aromatic heterocycles. The van der Waals surface area contributed by atoms with E-state index >= 15 is 0 Å². The van der Waals surface area contributed by atoms with E-state index < -0.39 is 0 Å². The summed E-state index contributed by atoms with van der Waals surface area (Å²) < 4.78 is 17.5. The van der Waals surface area contributed by atoms with Gasteiger partial charge in [0.25, 0.3) is 0 Å². The summed E-state index contributed by atoms with van der Waals surface area (Å²) in [5.41, 5.74) is 1.72. The molecule has 2 fully saturated rings. The number of piperidine rings is 1. The van der Waals surface area contributed by atoms with Crippen molar-refractivity contribution in [3.63, 3.8) is 0 Å². The van der Waals surface area contributed by atoms with Gasteiger partial charge < -0.3 is 5.32 Å². The molecule has 0 radical (unpaired) electrons. The summed E-state index contributed by atoms with van der Waals surface area (Å²) in [6, 6.07) is 5.24. The third kappa shape index (κ3) is 2.19. The summed E-state index contributed by atoms with van der Waals surface area (Å²) in [6.45, 7) is 1.88. The first-order valence-electron chi connectivity index (χ1n) is 8.38. The van der Waals surface area contributed by atoms with E-state index in [1.54, 1.807) is 6.07 Å². The smallest absolute Gasteiger partial charge is 0.317 e. The van der Waals surface area contributed by atoms with Gasteiger partial charge >= 0.3 is 5.69 Å². The Labute approximate surface area is 128 Å². The summed E-state index contributed by atoms with van der Waals surface area (Å²) in [5, 5.41) is 3.34. The van der Waals surface area contributed by atoms with Crippen LogP contribution in [0.3, 0.4) is 0 Å². The van der Waals surface area contributed by atoms with E-state index in [2.05, 4.69) is 5.32 Å². The van der Waals surface area contributed by atoms with Crippen LogP contribution in [0, 0.1) is 5.82 Å². The van der Waals surface area contributed by atoms with E-state index in [4.69, 9.17) is 0 Å². The van der Waals surface area contributed by atoms with Crippen LogP contribution in [0.4, 0.5) is 4.39 Å². The molecule has 5 heteroatoms. The number of hydrogen-bond donors (Lipinski definition) is 1. The minimum absolute atomic E-state index is 0.0550. The van der Waals surface area contributed by atoms with Crippen molar-refractivity contribution in [2.75, 3.05) is 13.1 Å². The molecule has 1 aromatic carbocycles. The number of imidazole rings is 1. The summed E-state index contributed by atoms with van der Waals surface area (Å²) >= 11 is 0. The Bertz CT molecular complexity index is 736. The van der Waals surface area contributed by atoms with Crippen LogP contribution in [0.2, 0.25) is 0 Å². The SMILES string of the molecule is O=c1n(C2CCCC2)c2cc(F)ccc2n1C1CCNCC1. The van der Waals surface area contributed by atoms with Crippen LogP contribution in [-0.4, -0.2) is 22.2 Å². The predicted molar refractivity (Wildman–Crippen MR) is 84.8 cm³/mol. The third-order valence-electron chi connectivity index (χ3n) is 5.23. The Hall–Kier alpha value is -1.62. The highest BCUT2D eigenvalue weighted by Gasteiger charge is 2.27. The Morgan fingerprint density at radius 2 is 1.59 bits per heavy atom. The molecular weight excluding hydrogens is 281 g/mol. The molecule has 22 heavy (non-hydrogen) atoms. The second-order valence-corrected chi connectivity index (χ2v) is 6.58. The second-order valence-electron chi connectivity index (χ2n) is 6.58. The molecule has 0 bridgehead atoms. The molecule has 1 saturated carbocycles. The molecule has 0 amide bonds. The van der Waals surface area contributed by atoms with Crippen LogP contribution in [-0.2, 0) is 0 Å². The van der Waals surface area contributed by atoms with Crippen LogP contribution < -0.4 is 11.0 Å². The highest BCUT2D eigenvalue weighted by molar-refractivity contribution is 5.76. The monoisotopic (exact) mass is 303 g/mol. The van der Waals surface area contributed by atoms with Crippen LogP contribution in [0.5, 0.6) is 0 Å². The zero-order chi connectivity index (χ0) is 15.1. The molecule has 2 heterocycles. The van der Waals surface area contributed by atoms with Crippen molar-refractivity contribution in [1.29, 1.82) is 0 Å². The lowest BCUT2D eigenvalue weighted by atomic mass is 10.1. The van der Waals surface area contributed by atoms with Gasteiger partial charge in [-0.25, -0.2) is 9.18 Å². The molecule has 2 aromatic rings. The maximum atomic E-state index is 13.8. The fourth-order valence-electron chi connectivity index (χ4n) is 4.15. The minimum atomic E-state index is -0.262. The van der Waals surface area contributed by atoms with Crippen LogP contribution in [0.15, 0.2) is 23.0 Å². The van der Waals surface area contributed by atoms with Gasteiger partial charge in [-0.1, -0.05) is 12.8 Å². The van der Waals surface area contributed by atoms with Crippen molar-refractivity contribution in [3.8, 4) is 0 Å². The highest BCUT2D eigenvalue weighted by atomic mass is 19.1. The number of aromatic nitrogens is 2. The van der Waals surface area contributed by atoms with E-state index in [1.807, 2.05) is 9.13 Å². The maximum Gasteiger partial charge on any atom is 0.329 e. The molecule has 118 valence electrons. The molecule has 1 saturated heterocycles. The third-order valence-corrected chi connectivity index (χ3v) is 5.23. The van der Waals surface area contributed by atoms with Gasteiger partial charge in [0.2, 0.25) is 0 Å². The van der Waals surface area contributed by atoms with Crippen molar-refractivity contribution in [1.82, 2.24) is 14.5 Å². The molecule has 1 N–H and O–H groups in total. The molecule has 4 nitrogen and oxygen atoms in total. The molecule has 4 rings (SSSR count). The summed E-state index contributed by atoms with van der Waals surface area (Å²) in [4.78, 5) is 13.1. The number of nitrogens with zero attached hydrogens (tertiary/aromatic N) is 2. The van der Waals surface area contributed by atoms with E-state index in [1.165, 1.54) is 12.1 Å². The molecule has 1 aliphatic carbocycles. The van der Waals surface area contributed by atoms with Gasteiger partial charge in [0.15, 0.2) is 0 Å². The lowest BCUT2D eigenvalue weighted by Gasteiger charge is -2.24. The predicted octanol–water partition coefficient (Wildman–Crippen LogP) is 2.98. The molecule has 0 unspecified atom stereocenters. The Morgan fingerprint density at radius 1 is 0.955 bits per heavy atom. The van der Waals surface area contributed by atoms with E-state index in [-0.39, 0.29) is 23.6 Å². The van der Waals surface area contributed by atoms with Crippen molar-refractivity contribution in [2.45, 2.75) is 50.6 Å². The Morgan fingerprint density at radius 3 is 2.32 bits per heavy atom. The lowest BCUT2D eigenvalue weighted by molar-refractivity contribution is 0.360. The Kier molecular flexibility index (Phi) is 3.53. The van der Waals surface area contributed by atoms with Gasteiger partial charge in [-0.05, 0) is 57.0 Å². The van der Waals surface area contributed by atoms with Crippen LogP contribution >= 0.6 is 0 Å². The normalized spacial score (nSPS) is 21.0. The van der Waals surface area contributed by atoms with Gasteiger partial charge in [-0.3, -0.25) is 9.13 Å². The zero-order valence-electron chi connectivity index (χ0n) is 12.7. The van der Waals surface area contributed by atoms with Crippen molar-refractivity contribution in [2.24, 2.45) is 0 Å². The summed E-state index contributed by atoms with van der Waals surface area (Å²) in [7, 11) is 0. The molecular formula is C17H22FN3O. The fourth-order valence-corrected chi connectivity index (χ4v) is 4.15. The summed E-state index contributed by atoms with van der Waals surface area (Å²) in [6.07, 6.45) is 6.30. The standard InChI is InChI=1S/C17H22FN3O/c18-12-5-6-15-16(11-12)21(13-3-1-2-4-13)17(22)20(15)14-7-9-19-10-8-14/h5-6,11,13-14,19H,1-4,7-10H2. The average molecular weight is 303 g/mol. The van der Waals surface area contributed by atoms with Crippen molar-refractivity contribution < 1.29 is 4.39 Å². The van der Waals surface area contributed by atoms with Crippen molar-refractivity contribution in [3.05, 3.63) is 34.5 Å². The second kappa shape index (κ2) is 5.54. The van der Waals surface area contributed by atoms with Crippen LogP contribution in [0.25, 0.3) is 11.0 Å². The van der Waals surface area contributed by atoms with Gasteiger partial charge in [0.05, 0.1) is 11.0 Å². The number of hydrogen-bond acceptors (Lipinski definition) is 2. The van der Waals surface area contributed by atoms with E-state index in [9.17, 15) is 9.18 Å². The number of nitrogens with one attached hydrogen (secondary N) is 1. The molecule has 2 aliphatic rings. The lowest BCUT2D eigenvalue weighted by Crippen LogP contribution is -2.35.